The highest BCUT2D eigenvalue weighted by Gasteiger charge is 2.26. The van der Waals surface area contributed by atoms with E-state index in [0.29, 0.717) is 5.02 Å². The number of halogens is 1. The molecule has 0 saturated heterocycles. The predicted octanol–water partition coefficient (Wildman–Crippen LogP) is 2.36. The second-order valence-corrected chi connectivity index (χ2v) is 4.62. The SMILES string of the molecule is CC(C)(CO)C(N)c1cccc(Cl)c1. The lowest BCUT2D eigenvalue weighted by atomic mass is 9.82. The lowest BCUT2D eigenvalue weighted by Gasteiger charge is -2.29. The van der Waals surface area contributed by atoms with Crippen molar-refractivity contribution in [1.82, 2.24) is 0 Å². The molecule has 2 nitrogen and oxygen atoms in total. The first-order chi connectivity index (χ1) is 6.47. The molecule has 1 unspecified atom stereocenters. The molecule has 0 bridgehead atoms. The van der Waals surface area contributed by atoms with Gasteiger partial charge in [-0.2, -0.15) is 0 Å². The van der Waals surface area contributed by atoms with Crippen molar-refractivity contribution >= 4 is 11.6 Å². The van der Waals surface area contributed by atoms with Gasteiger partial charge in [-0.25, -0.2) is 0 Å². The van der Waals surface area contributed by atoms with Gasteiger partial charge in [0.05, 0.1) is 0 Å². The number of aliphatic hydroxyl groups excluding tert-OH is 1. The summed E-state index contributed by atoms with van der Waals surface area (Å²) in [6.45, 7) is 3.91. The Balaban J connectivity index is 2.94. The lowest BCUT2D eigenvalue weighted by Crippen LogP contribution is -2.32. The van der Waals surface area contributed by atoms with Crippen molar-refractivity contribution in [2.24, 2.45) is 11.1 Å². The number of nitrogens with two attached hydrogens (primary N) is 1. The molecule has 1 aromatic carbocycles. The quantitative estimate of drug-likeness (QED) is 0.810. The van der Waals surface area contributed by atoms with E-state index in [1.807, 2.05) is 38.1 Å². The highest BCUT2D eigenvalue weighted by Crippen LogP contribution is 2.31. The fourth-order valence-electron chi connectivity index (χ4n) is 1.25. The summed E-state index contributed by atoms with van der Waals surface area (Å²) >= 11 is 5.86. The molecule has 0 amide bonds. The van der Waals surface area contributed by atoms with E-state index in [2.05, 4.69) is 0 Å². The van der Waals surface area contributed by atoms with Crippen LogP contribution in [0.5, 0.6) is 0 Å². The van der Waals surface area contributed by atoms with Gasteiger partial charge >= 0.3 is 0 Å². The van der Waals surface area contributed by atoms with Crippen molar-refractivity contribution in [2.45, 2.75) is 19.9 Å². The average molecular weight is 214 g/mol. The normalized spacial score (nSPS) is 14.1. The summed E-state index contributed by atoms with van der Waals surface area (Å²) in [5.74, 6) is 0. The number of hydrogen-bond acceptors (Lipinski definition) is 2. The Labute approximate surface area is 89.7 Å². The standard InChI is InChI=1S/C11H16ClNO/c1-11(2,7-14)10(13)8-4-3-5-9(12)6-8/h3-6,10,14H,7,13H2,1-2H3. The van der Waals surface area contributed by atoms with E-state index in [9.17, 15) is 5.11 Å². The van der Waals surface area contributed by atoms with Gasteiger partial charge in [-0.1, -0.05) is 37.6 Å². The third-order valence-corrected chi connectivity index (χ3v) is 2.69. The molecule has 1 rings (SSSR count). The van der Waals surface area contributed by atoms with Crippen molar-refractivity contribution in [1.29, 1.82) is 0 Å². The molecule has 0 heterocycles. The van der Waals surface area contributed by atoms with E-state index in [0.717, 1.165) is 5.56 Å². The molecule has 0 saturated carbocycles. The Bertz CT molecular complexity index is 312. The van der Waals surface area contributed by atoms with Crippen LogP contribution in [0.15, 0.2) is 24.3 Å². The molecule has 0 fully saturated rings. The smallest absolute Gasteiger partial charge is 0.0500 e. The molecule has 0 aromatic heterocycles. The van der Waals surface area contributed by atoms with E-state index in [-0.39, 0.29) is 18.1 Å². The van der Waals surface area contributed by atoms with Crippen LogP contribution in [0.25, 0.3) is 0 Å². The van der Waals surface area contributed by atoms with Crippen molar-refractivity contribution in [3.63, 3.8) is 0 Å². The van der Waals surface area contributed by atoms with E-state index in [1.54, 1.807) is 0 Å². The Morgan fingerprint density at radius 3 is 2.64 bits per heavy atom. The van der Waals surface area contributed by atoms with Crippen LogP contribution in [0.1, 0.15) is 25.5 Å². The van der Waals surface area contributed by atoms with E-state index in [1.165, 1.54) is 0 Å². The van der Waals surface area contributed by atoms with Gasteiger partial charge in [-0.3, -0.25) is 0 Å². The van der Waals surface area contributed by atoms with Gasteiger partial charge in [0.25, 0.3) is 0 Å². The number of benzene rings is 1. The van der Waals surface area contributed by atoms with Gasteiger partial charge in [-0.05, 0) is 17.7 Å². The van der Waals surface area contributed by atoms with Crippen LogP contribution in [-0.2, 0) is 0 Å². The van der Waals surface area contributed by atoms with Crippen LogP contribution in [0, 0.1) is 5.41 Å². The Hall–Kier alpha value is -0.570. The Kier molecular flexibility index (Phi) is 3.53. The fraction of sp³-hybridized carbons (Fsp3) is 0.455. The van der Waals surface area contributed by atoms with Gasteiger partial charge in [-0.15, -0.1) is 0 Å². The third kappa shape index (κ3) is 2.47. The van der Waals surface area contributed by atoms with Crippen molar-refractivity contribution in [3.05, 3.63) is 34.9 Å². The molecule has 1 atom stereocenters. The first kappa shape index (κ1) is 11.5. The number of aliphatic hydroxyl groups is 1. The van der Waals surface area contributed by atoms with Gasteiger partial charge < -0.3 is 10.8 Å². The first-order valence-electron chi connectivity index (χ1n) is 4.59. The predicted molar refractivity (Wildman–Crippen MR) is 59.2 cm³/mol. The molecule has 1 aromatic rings. The third-order valence-electron chi connectivity index (χ3n) is 2.46. The van der Waals surface area contributed by atoms with Gasteiger partial charge in [0, 0.05) is 23.1 Å². The second kappa shape index (κ2) is 4.30. The molecular formula is C11H16ClNO. The minimum atomic E-state index is -0.329. The maximum absolute atomic E-state index is 9.18. The summed E-state index contributed by atoms with van der Waals surface area (Å²) in [7, 11) is 0. The summed E-state index contributed by atoms with van der Waals surface area (Å²) < 4.78 is 0. The summed E-state index contributed by atoms with van der Waals surface area (Å²) in [6, 6.07) is 7.23. The van der Waals surface area contributed by atoms with E-state index >= 15 is 0 Å². The zero-order valence-electron chi connectivity index (χ0n) is 8.50. The highest BCUT2D eigenvalue weighted by molar-refractivity contribution is 6.30. The van der Waals surface area contributed by atoms with Crippen molar-refractivity contribution in [3.8, 4) is 0 Å². The maximum Gasteiger partial charge on any atom is 0.0500 e. The highest BCUT2D eigenvalue weighted by atomic mass is 35.5. The number of rotatable bonds is 3. The molecule has 0 aliphatic heterocycles. The van der Waals surface area contributed by atoms with Gasteiger partial charge in [0.15, 0.2) is 0 Å². The molecule has 3 N–H and O–H groups in total. The first-order valence-corrected chi connectivity index (χ1v) is 4.97. The Morgan fingerprint density at radius 1 is 1.50 bits per heavy atom. The topological polar surface area (TPSA) is 46.2 Å². The van der Waals surface area contributed by atoms with Crippen molar-refractivity contribution < 1.29 is 5.11 Å². The monoisotopic (exact) mass is 213 g/mol. The van der Waals surface area contributed by atoms with Crippen LogP contribution in [0.4, 0.5) is 0 Å². The summed E-state index contributed by atoms with van der Waals surface area (Å²) in [4.78, 5) is 0. The molecule has 0 spiro atoms. The van der Waals surface area contributed by atoms with E-state index in [4.69, 9.17) is 17.3 Å². The van der Waals surface area contributed by atoms with Gasteiger partial charge in [0.1, 0.15) is 0 Å². The lowest BCUT2D eigenvalue weighted by molar-refractivity contribution is 0.132. The molecule has 0 aliphatic carbocycles. The zero-order chi connectivity index (χ0) is 10.8. The average Bonchev–Trinajstić information content (AvgIpc) is 2.16. The summed E-state index contributed by atoms with van der Waals surface area (Å²) in [5.41, 5.74) is 6.66. The largest absolute Gasteiger partial charge is 0.396 e. The summed E-state index contributed by atoms with van der Waals surface area (Å²) in [6.07, 6.45) is 0. The molecule has 14 heavy (non-hydrogen) atoms. The molecule has 0 aliphatic rings. The number of hydrogen-bond donors (Lipinski definition) is 2. The van der Waals surface area contributed by atoms with Crippen molar-refractivity contribution in [2.75, 3.05) is 6.61 Å². The molecule has 3 heteroatoms. The zero-order valence-corrected chi connectivity index (χ0v) is 9.25. The maximum atomic E-state index is 9.18. The van der Waals surface area contributed by atoms with Crippen LogP contribution in [-0.4, -0.2) is 11.7 Å². The molecule has 0 radical (unpaired) electrons. The molecule has 78 valence electrons. The second-order valence-electron chi connectivity index (χ2n) is 4.18. The van der Waals surface area contributed by atoms with Gasteiger partial charge in [0.2, 0.25) is 0 Å². The van der Waals surface area contributed by atoms with Crippen LogP contribution in [0.3, 0.4) is 0 Å². The molecular weight excluding hydrogens is 198 g/mol. The minimum Gasteiger partial charge on any atom is -0.396 e. The Morgan fingerprint density at radius 2 is 2.14 bits per heavy atom. The van der Waals surface area contributed by atoms with Crippen LogP contribution in [0.2, 0.25) is 5.02 Å². The minimum absolute atomic E-state index is 0.0562. The van der Waals surface area contributed by atoms with Crippen LogP contribution >= 0.6 is 11.6 Å². The van der Waals surface area contributed by atoms with E-state index < -0.39 is 0 Å². The van der Waals surface area contributed by atoms with Crippen LogP contribution < -0.4 is 5.73 Å². The fourth-order valence-corrected chi connectivity index (χ4v) is 1.45. The summed E-state index contributed by atoms with van der Waals surface area (Å²) in [5, 5.41) is 9.85.